The van der Waals surface area contributed by atoms with E-state index < -0.39 is 12.5 Å². The smallest absolute Gasteiger partial charge is 0.255 e. The van der Waals surface area contributed by atoms with Crippen LogP contribution in [0.2, 0.25) is 0 Å². The van der Waals surface area contributed by atoms with Gasteiger partial charge in [0.2, 0.25) is 0 Å². The summed E-state index contributed by atoms with van der Waals surface area (Å²) >= 11 is 0. The van der Waals surface area contributed by atoms with Crippen LogP contribution in [0, 0.1) is 0 Å². The van der Waals surface area contributed by atoms with Crippen molar-refractivity contribution in [1.82, 2.24) is 15.5 Å². The van der Waals surface area contributed by atoms with E-state index in [0.717, 1.165) is 26.2 Å². The predicted octanol–water partition coefficient (Wildman–Crippen LogP) is -0.503. The highest BCUT2D eigenvalue weighted by Gasteiger charge is 2.36. The highest BCUT2D eigenvalue weighted by atomic mass is 19.3. The summed E-state index contributed by atoms with van der Waals surface area (Å²) in [6.07, 6.45) is -2.23. The predicted molar refractivity (Wildman–Crippen MR) is 46.0 cm³/mol. The molecule has 0 radical (unpaired) electrons. The van der Waals surface area contributed by atoms with Gasteiger partial charge in [0.15, 0.2) is 0 Å². The summed E-state index contributed by atoms with van der Waals surface area (Å²) in [6.45, 7) is 3.74. The maximum atomic E-state index is 12.6. The fourth-order valence-corrected chi connectivity index (χ4v) is 1.94. The third-order valence-electron chi connectivity index (χ3n) is 2.85. The molecular formula is C8H15F2N3. The second kappa shape index (κ2) is 3.86. The first-order valence-corrected chi connectivity index (χ1v) is 4.74. The van der Waals surface area contributed by atoms with Crippen molar-refractivity contribution in [2.75, 3.05) is 32.7 Å². The number of halogens is 2. The summed E-state index contributed by atoms with van der Waals surface area (Å²) in [5, 5.41) is 6.12. The SMILES string of the molecule is FC(F)C1CNCCN1C1CNC1. The molecule has 0 aromatic carbocycles. The van der Waals surface area contributed by atoms with Crippen LogP contribution in [0.4, 0.5) is 8.78 Å². The van der Waals surface area contributed by atoms with Gasteiger partial charge in [0.05, 0.1) is 6.04 Å². The summed E-state index contributed by atoms with van der Waals surface area (Å²) < 4.78 is 25.2. The largest absolute Gasteiger partial charge is 0.314 e. The van der Waals surface area contributed by atoms with E-state index in [0.29, 0.717) is 12.6 Å². The second-order valence-corrected chi connectivity index (χ2v) is 3.66. The van der Waals surface area contributed by atoms with Crippen molar-refractivity contribution in [3.8, 4) is 0 Å². The molecule has 13 heavy (non-hydrogen) atoms. The van der Waals surface area contributed by atoms with Gasteiger partial charge in [-0.15, -0.1) is 0 Å². The van der Waals surface area contributed by atoms with Gasteiger partial charge >= 0.3 is 0 Å². The molecule has 0 aromatic rings. The van der Waals surface area contributed by atoms with Crippen molar-refractivity contribution in [2.45, 2.75) is 18.5 Å². The van der Waals surface area contributed by atoms with Crippen LogP contribution in [0.1, 0.15) is 0 Å². The molecule has 2 saturated heterocycles. The first kappa shape index (κ1) is 9.30. The van der Waals surface area contributed by atoms with Crippen LogP contribution in [0.25, 0.3) is 0 Å². The minimum atomic E-state index is -2.23. The molecule has 0 aliphatic carbocycles. The molecule has 1 atom stereocenters. The Hall–Kier alpha value is -0.260. The van der Waals surface area contributed by atoms with E-state index in [1.165, 1.54) is 0 Å². The Morgan fingerprint density at radius 3 is 2.46 bits per heavy atom. The summed E-state index contributed by atoms with van der Waals surface area (Å²) in [7, 11) is 0. The lowest BCUT2D eigenvalue weighted by Gasteiger charge is -2.45. The fourth-order valence-electron chi connectivity index (χ4n) is 1.94. The molecule has 0 aromatic heterocycles. The molecule has 76 valence electrons. The molecule has 0 amide bonds. The minimum Gasteiger partial charge on any atom is -0.314 e. The number of nitrogens with one attached hydrogen (secondary N) is 2. The Balaban J connectivity index is 1.95. The molecule has 0 spiro atoms. The average molecular weight is 191 g/mol. The van der Waals surface area contributed by atoms with Crippen LogP contribution < -0.4 is 10.6 Å². The number of alkyl halides is 2. The average Bonchev–Trinajstić information content (AvgIpc) is 2.02. The number of nitrogens with zero attached hydrogens (tertiary/aromatic N) is 1. The topological polar surface area (TPSA) is 27.3 Å². The van der Waals surface area contributed by atoms with E-state index in [2.05, 4.69) is 10.6 Å². The van der Waals surface area contributed by atoms with Crippen LogP contribution in [-0.2, 0) is 0 Å². The van der Waals surface area contributed by atoms with Crippen molar-refractivity contribution in [3.05, 3.63) is 0 Å². The molecule has 2 aliphatic rings. The standard InChI is InChI=1S/C8H15F2N3/c9-8(10)7-5-11-1-2-13(7)6-3-12-4-6/h6-8,11-12H,1-5H2. The summed E-state index contributed by atoms with van der Waals surface area (Å²) in [5.74, 6) is 0. The Kier molecular flexibility index (Phi) is 2.76. The molecule has 2 aliphatic heterocycles. The van der Waals surface area contributed by atoms with Gasteiger partial charge in [-0.1, -0.05) is 0 Å². The Bertz CT molecular complexity index is 173. The summed E-state index contributed by atoms with van der Waals surface area (Å²) in [6, 6.07) is -0.248. The van der Waals surface area contributed by atoms with Gasteiger partial charge in [0, 0.05) is 38.8 Å². The van der Waals surface area contributed by atoms with Crippen LogP contribution in [0.15, 0.2) is 0 Å². The van der Waals surface area contributed by atoms with Gasteiger partial charge in [-0.05, 0) is 0 Å². The monoisotopic (exact) mass is 191 g/mol. The lowest BCUT2D eigenvalue weighted by Crippen LogP contribution is -2.66. The molecule has 3 nitrogen and oxygen atoms in total. The maximum absolute atomic E-state index is 12.6. The van der Waals surface area contributed by atoms with Crippen molar-refractivity contribution in [2.24, 2.45) is 0 Å². The van der Waals surface area contributed by atoms with Crippen LogP contribution >= 0.6 is 0 Å². The molecule has 0 bridgehead atoms. The molecule has 1 unspecified atom stereocenters. The normalized spacial score (nSPS) is 32.1. The minimum absolute atomic E-state index is 0.334. The van der Waals surface area contributed by atoms with E-state index in [9.17, 15) is 8.78 Å². The maximum Gasteiger partial charge on any atom is 0.255 e. The van der Waals surface area contributed by atoms with Crippen molar-refractivity contribution >= 4 is 0 Å². The highest BCUT2D eigenvalue weighted by molar-refractivity contribution is 4.92. The Labute approximate surface area is 76.5 Å². The van der Waals surface area contributed by atoms with E-state index in [-0.39, 0.29) is 0 Å². The number of hydrogen-bond donors (Lipinski definition) is 2. The molecule has 2 N–H and O–H groups in total. The second-order valence-electron chi connectivity index (χ2n) is 3.66. The van der Waals surface area contributed by atoms with Crippen molar-refractivity contribution in [3.63, 3.8) is 0 Å². The van der Waals surface area contributed by atoms with Gasteiger partial charge in [-0.2, -0.15) is 0 Å². The zero-order valence-corrected chi connectivity index (χ0v) is 7.47. The molecule has 2 fully saturated rings. The number of rotatable bonds is 2. The number of hydrogen-bond acceptors (Lipinski definition) is 3. The van der Waals surface area contributed by atoms with E-state index in [4.69, 9.17) is 0 Å². The van der Waals surface area contributed by atoms with Crippen molar-refractivity contribution < 1.29 is 8.78 Å². The van der Waals surface area contributed by atoms with E-state index >= 15 is 0 Å². The summed E-state index contributed by atoms with van der Waals surface area (Å²) in [5.41, 5.74) is 0. The lowest BCUT2D eigenvalue weighted by atomic mass is 10.1. The van der Waals surface area contributed by atoms with Crippen LogP contribution in [0.3, 0.4) is 0 Å². The lowest BCUT2D eigenvalue weighted by molar-refractivity contribution is -0.0214. The van der Waals surface area contributed by atoms with Gasteiger partial charge in [-0.25, -0.2) is 8.78 Å². The van der Waals surface area contributed by atoms with Crippen LogP contribution in [-0.4, -0.2) is 56.1 Å². The van der Waals surface area contributed by atoms with Gasteiger partial charge < -0.3 is 10.6 Å². The van der Waals surface area contributed by atoms with Gasteiger partial charge in [0.1, 0.15) is 0 Å². The van der Waals surface area contributed by atoms with E-state index in [1.807, 2.05) is 4.90 Å². The zero-order valence-electron chi connectivity index (χ0n) is 7.47. The van der Waals surface area contributed by atoms with Gasteiger partial charge in [-0.3, -0.25) is 4.90 Å². The summed E-state index contributed by atoms with van der Waals surface area (Å²) in [4.78, 5) is 1.94. The van der Waals surface area contributed by atoms with Crippen molar-refractivity contribution in [1.29, 1.82) is 0 Å². The first-order chi connectivity index (χ1) is 6.29. The Morgan fingerprint density at radius 1 is 1.15 bits per heavy atom. The molecule has 0 saturated carbocycles. The Morgan fingerprint density at radius 2 is 1.92 bits per heavy atom. The number of piperazine rings is 1. The first-order valence-electron chi connectivity index (χ1n) is 4.74. The van der Waals surface area contributed by atoms with E-state index in [1.54, 1.807) is 0 Å². The highest BCUT2D eigenvalue weighted by Crippen LogP contribution is 2.17. The molecular weight excluding hydrogens is 176 g/mol. The third kappa shape index (κ3) is 1.82. The molecule has 2 heterocycles. The van der Waals surface area contributed by atoms with Gasteiger partial charge in [0.25, 0.3) is 6.43 Å². The third-order valence-corrected chi connectivity index (χ3v) is 2.85. The molecule has 5 heteroatoms. The fraction of sp³-hybridized carbons (Fsp3) is 1.00. The zero-order chi connectivity index (χ0) is 9.26. The quantitative estimate of drug-likeness (QED) is 0.616. The van der Waals surface area contributed by atoms with Crippen LogP contribution in [0.5, 0.6) is 0 Å². The molecule has 2 rings (SSSR count).